The average molecular weight is 182 g/mol. The van der Waals surface area contributed by atoms with Crippen molar-refractivity contribution in [3.63, 3.8) is 0 Å². The van der Waals surface area contributed by atoms with Crippen molar-refractivity contribution in [2.75, 3.05) is 12.3 Å². The summed E-state index contributed by atoms with van der Waals surface area (Å²) < 4.78 is 1.96. The molecule has 0 amide bonds. The summed E-state index contributed by atoms with van der Waals surface area (Å²) in [5.74, 6) is 0. The predicted molar refractivity (Wildman–Crippen MR) is 54.4 cm³/mol. The lowest BCUT2D eigenvalue weighted by atomic mass is 10.3. The van der Waals surface area contributed by atoms with Gasteiger partial charge < -0.3 is 11.1 Å². The van der Waals surface area contributed by atoms with E-state index in [1.165, 1.54) is 0 Å². The lowest BCUT2D eigenvalue weighted by Crippen LogP contribution is -2.18. The van der Waals surface area contributed by atoms with Crippen LogP contribution in [0.25, 0.3) is 0 Å². The van der Waals surface area contributed by atoms with Gasteiger partial charge in [0.25, 0.3) is 0 Å². The molecule has 0 saturated heterocycles. The first-order chi connectivity index (χ1) is 6.16. The van der Waals surface area contributed by atoms with E-state index in [4.69, 9.17) is 5.73 Å². The summed E-state index contributed by atoms with van der Waals surface area (Å²) in [7, 11) is 0. The fourth-order valence-corrected chi connectivity index (χ4v) is 1.27. The fraction of sp³-hybridized carbons (Fsp3) is 0.667. The smallest absolute Gasteiger partial charge is 0.0754 e. The minimum atomic E-state index is 0.367. The summed E-state index contributed by atoms with van der Waals surface area (Å²) in [5.41, 5.74) is 7.65. The van der Waals surface area contributed by atoms with Gasteiger partial charge in [0.2, 0.25) is 0 Å². The number of rotatable bonds is 4. The van der Waals surface area contributed by atoms with Crippen LogP contribution in [0.3, 0.4) is 0 Å². The highest BCUT2D eigenvalue weighted by Crippen LogP contribution is 2.15. The summed E-state index contributed by atoms with van der Waals surface area (Å²) in [4.78, 5) is 0. The quantitative estimate of drug-likeness (QED) is 0.734. The molecule has 1 aromatic rings. The second-order valence-electron chi connectivity index (χ2n) is 3.37. The summed E-state index contributed by atoms with van der Waals surface area (Å²) in [6.07, 6.45) is 1.71. The summed E-state index contributed by atoms with van der Waals surface area (Å²) in [5, 5.41) is 7.47. The Morgan fingerprint density at radius 1 is 1.62 bits per heavy atom. The topological polar surface area (TPSA) is 55.9 Å². The van der Waals surface area contributed by atoms with E-state index in [9.17, 15) is 0 Å². The molecule has 4 heteroatoms. The van der Waals surface area contributed by atoms with E-state index in [2.05, 4.69) is 31.2 Å². The Morgan fingerprint density at radius 3 is 2.85 bits per heavy atom. The Balaban J connectivity index is 2.82. The molecule has 0 radical (unpaired) electrons. The Bertz CT molecular complexity index is 265. The zero-order valence-electron chi connectivity index (χ0n) is 8.54. The van der Waals surface area contributed by atoms with E-state index >= 15 is 0 Å². The summed E-state index contributed by atoms with van der Waals surface area (Å²) in [6.45, 7) is 8.01. The highest BCUT2D eigenvalue weighted by molar-refractivity contribution is 5.40. The molecule has 0 bridgehead atoms. The summed E-state index contributed by atoms with van der Waals surface area (Å²) >= 11 is 0. The first-order valence-electron chi connectivity index (χ1n) is 4.69. The molecule has 0 atom stereocenters. The Kier molecular flexibility index (Phi) is 3.31. The molecule has 0 aromatic carbocycles. The van der Waals surface area contributed by atoms with Crippen LogP contribution in [-0.2, 0) is 6.54 Å². The lowest BCUT2D eigenvalue weighted by Gasteiger charge is -2.11. The maximum absolute atomic E-state index is 5.80. The van der Waals surface area contributed by atoms with E-state index in [-0.39, 0.29) is 0 Å². The van der Waals surface area contributed by atoms with Gasteiger partial charge in [-0.1, -0.05) is 6.92 Å². The number of nitrogens with zero attached hydrogens (tertiary/aromatic N) is 2. The van der Waals surface area contributed by atoms with Crippen LogP contribution in [0.15, 0.2) is 6.20 Å². The van der Waals surface area contributed by atoms with E-state index in [1.54, 1.807) is 6.20 Å². The molecule has 0 fully saturated rings. The molecule has 1 aromatic heterocycles. The van der Waals surface area contributed by atoms with Crippen LogP contribution in [0, 0.1) is 0 Å². The predicted octanol–water partition coefficient (Wildman–Crippen LogP) is 1.16. The van der Waals surface area contributed by atoms with Gasteiger partial charge in [-0.15, -0.1) is 0 Å². The van der Waals surface area contributed by atoms with Crippen LogP contribution >= 0.6 is 0 Å². The molecular weight excluding hydrogens is 164 g/mol. The number of hydrogen-bond acceptors (Lipinski definition) is 3. The molecule has 0 spiro atoms. The van der Waals surface area contributed by atoms with Gasteiger partial charge in [0.15, 0.2) is 0 Å². The van der Waals surface area contributed by atoms with Gasteiger partial charge in [-0.05, 0) is 20.4 Å². The number of aromatic nitrogens is 2. The lowest BCUT2D eigenvalue weighted by molar-refractivity contribution is 0.498. The van der Waals surface area contributed by atoms with Gasteiger partial charge in [0, 0.05) is 12.6 Å². The first kappa shape index (κ1) is 10.1. The van der Waals surface area contributed by atoms with E-state index in [0.29, 0.717) is 6.04 Å². The third-order valence-corrected chi connectivity index (χ3v) is 1.96. The van der Waals surface area contributed by atoms with Crippen molar-refractivity contribution in [3.8, 4) is 0 Å². The maximum atomic E-state index is 5.80. The molecule has 0 unspecified atom stereocenters. The van der Waals surface area contributed by atoms with Gasteiger partial charge in [0.05, 0.1) is 17.6 Å². The normalized spacial score (nSPS) is 11.1. The molecule has 0 aliphatic heterocycles. The largest absolute Gasteiger partial charge is 0.396 e. The second-order valence-corrected chi connectivity index (χ2v) is 3.37. The molecule has 74 valence electrons. The molecule has 0 aliphatic rings. The van der Waals surface area contributed by atoms with Gasteiger partial charge in [0.1, 0.15) is 0 Å². The van der Waals surface area contributed by atoms with Crippen LogP contribution in [0.2, 0.25) is 0 Å². The number of hydrogen-bond donors (Lipinski definition) is 2. The minimum Gasteiger partial charge on any atom is -0.396 e. The molecular formula is C9H18N4. The number of nitrogens with one attached hydrogen (secondary N) is 1. The van der Waals surface area contributed by atoms with Gasteiger partial charge >= 0.3 is 0 Å². The number of anilines is 1. The van der Waals surface area contributed by atoms with Crippen LogP contribution in [-0.4, -0.2) is 16.3 Å². The van der Waals surface area contributed by atoms with Crippen molar-refractivity contribution in [2.45, 2.75) is 33.4 Å². The monoisotopic (exact) mass is 182 g/mol. The Hall–Kier alpha value is -1.03. The van der Waals surface area contributed by atoms with Crippen molar-refractivity contribution in [1.29, 1.82) is 0 Å². The zero-order valence-corrected chi connectivity index (χ0v) is 8.54. The van der Waals surface area contributed by atoms with Crippen LogP contribution < -0.4 is 11.1 Å². The van der Waals surface area contributed by atoms with Gasteiger partial charge in [-0.3, -0.25) is 4.68 Å². The van der Waals surface area contributed by atoms with Crippen molar-refractivity contribution < 1.29 is 0 Å². The SMILES string of the molecule is CCNCc1c(N)cnn1C(C)C. The Morgan fingerprint density at radius 2 is 2.31 bits per heavy atom. The second kappa shape index (κ2) is 4.28. The van der Waals surface area contributed by atoms with Crippen molar-refractivity contribution in [1.82, 2.24) is 15.1 Å². The third-order valence-electron chi connectivity index (χ3n) is 1.96. The fourth-order valence-electron chi connectivity index (χ4n) is 1.27. The molecule has 13 heavy (non-hydrogen) atoms. The average Bonchev–Trinajstić information content (AvgIpc) is 2.43. The molecule has 1 rings (SSSR count). The molecule has 0 saturated carbocycles. The van der Waals surface area contributed by atoms with Crippen molar-refractivity contribution in [2.24, 2.45) is 0 Å². The van der Waals surface area contributed by atoms with Crippen LogP contribution in [0.5, 0.6) is 0 Å². The van der Waals surface area contributed by atoms with Crippen LogP contribution in [0.4, 0.5) is 5.69 Å². The van der Waals surface area contributed by atoms with Gasteiger partial charge in [-0.2, -0.15) is 5.10 Å². The molecule has 0 aliphatic carbocycles. The zero-order chi connectivity index (χ0) is 9.84. The third kappa shape index (κ3) is 2.21. The standard InChI is InChI=1S/C9H18N4/c1-4-11-6-9-8(10)5-12-13(9)7(2)3/h5,7,11H,4,6,10H2,1-3H3. The van der Waals surface area contributed by atoms with Crippen LogP contribution in [0.1, 0.15) is 32.5 Å². The molecule has 4 nitrogen and oxygen atoms in total. The minimum absolute atomic E-state index is 0.367. The number of nitrogens with two attached hydrogens (primary N) is 1. The summed E-state index contributed by atoms with van der Waals surface area (Å²) in [6, 6.07) is 0.367. The molecule has 1 heterocycles. The van der Waals surface area contributed by atoms with Crippen molar-refractivity contribution >= 4 is 5.69 Å². The maximum Gasteiger partial charge on any atom is 0.0754 e. The molecule has 3 N–H and O–H groups in total. The Labute approximate surface area is 79.1 Å². The number of nitrogen functional groups attached to an aromatic ring is 1. The van der Waals surface area contributed by atoms with E-state index in [1.807, 2.05) is 4.68 Å². The highest BCUT2D eigenvalue weighted by Gasteiger charge is 2.09. The van der Waals surface area contributed by atoms with E-state index in [0.717, 1.165) is 24.5 Å². The van der Waals surface area contributed by atoms with Crippen molar-refractivity contribution in [3.05, 3.63) is 11.9 Å². The van der Waals surface area contributed by atoms with Gasteiger partial charge in [-0.25, -0.2) is 0 Å². The highest BCUT2D eigenvalue weighted by atomic mass is 15.3. The van der Waals surface area contributed by atoms with E-state index < -0.39 is 0 Å². The first-order valence-corrected chi connectivity index (χ1v) is 4.69.